The van der Waals surface area contributed by atoms with E-state index in [0.29, 0.717) is 5.69 Å². The van der Waals surface area contributed by atoms with Gasteiger partial charge in [0.1, 0.15) is 9.88 Å². The van der Waals surface area contributed by atoms with Crippen LogP contribution in [-0.4, -0.2) is 19.8 Å². The first-order valence-corrected chi connectivity index (χ1v) is 10.00. The lowest BCUT2D eigenvalue weighted by Gasteiger charge is -2.13. The van der Waals surface area contributed by atoms with Gasteiger partial charge in [-0.1, -0.05) is 42.8 Å². The van der Waals surface area contributed by atoms with Gasteiger partial charge in [-0.15, -0.1) is 11.3 Å². The van der Waals surface area contributed by atoms with Crippen LogP contribution in [0.2, 0.25) is 0 Å². The van der Waals surface area contributed by atoms with Gasteiger partial charge in [0.15, 0.2) is 0 Å². The van der Waals surface area contributed by atoms with Crippen LogP contribution in [0.3, 0.4) is 0 Å². The summed E-state index contributed by atoms with van der Waals surface area (Å²) in [5, 5.41) is 2.87. The Morgan fingerprint density at radius 3 is 2.59 bits per heavy atom. The van der Waals surface area contributed by atoms with Crippen molar-refractivity contribution in [2.45, 2.75) is 18.3 Å². The van der Waals surface area contributed by atoms with E-state index in [0.717, 1.165) is 50.2 Å². The van der Waals surface area contributed by atoms with E-state index < -0.39 is 5.41 Å². The number of nitrogen functional groups attached to an aromatic ring is 1. The quantitative estimate of drug-likeness (QED) is 0.378. The fourth-order valence-corrected chi connectivity index (χ4v) is 4.42. The molecule has 1 aliphatic carbocycles. The third kappa shape index (κ3) is 3.22. The van der Waals surface area contributed by atoms with Crippen molar-refractivity contribution in [3.63, 3.8) is 0 Å². The van der Waals surface area contributed by atoms with Crippen molar-refractivity contribution >= 4 is 51.6 Å². The molecule has 5 heteroatoms. The number of rotatable bonds is 4. The molecule has 0 radical (unpaired) electrons. The Labute approximate surface area is 173 Å². The summed E-state index contributed by atoms with van der Waals surface area (Å²) in [4.78, 5) is 16.9. The van der Waals surface area contributed by atoms with E-state index >= 15 is 0 Å². The number of carbonyl (C=O) groups is 1. The second-order valence-electron chi connectivity index (χ2n) is 7.03. The van der Waals surface area contributed by atoms with Gasteiger partial charge in [-0.25, -0.2) is 0 Å². The second kappa shape index (κ2) is 7.23. The number of carbonyl (C=O) groups excluding carboxylic acids is 1. The Morgan fingerprint density at radius 2 is 1.97 bits per heavy atom. The summed E-state index contributed by atoms with van der Waals surface area (Å²) in [6.45, 7) is 7.34. The fraction of sp³-hybridized carbons (Fsp3) is 0.167. The van der Waals surface area contributed by atoms with E-state index in [1.165, 1.54) is 18.4 Å². The Hall–Kier alpha value is -3.36. The molecule has 1 saturated carbocycles. The van der Waals surface area contributed by atoms with Gasteiger partial charge >= 0.3 is 5.97 Å². The summed E-state index contributed by atoms with van der Waals surface area (Å²) in [5.41, 5.74) is 8.96. The molecule has 3 aromatic rings. The zero-order chi connectivity index (χ0) is 20.6. The summed E-state index contributed by atoms with van der Waals surface area (Å²) in [6.07, 6.45) is 3.35. The first-order chi connectivity index (χ1) is 14.0. The number of methoxy groups -OCH3 is 1. The number of benzene rings is 2. The molecule has 0 unspecified atom stereocenters. The van der Waals surface area contributed by atoms with Crippen LogP contribution in [0.4, 0.5) is 10.7 Å². The lowest BCUT2D eigenvalue weighted by Crippen LogP contribution is -2.21. The molecule has 0 amide bonds. The lowest BCUT2D eigenvalue weighted by atomic mass is 9.93. The van der Waals surface area contributed by atoms with Crippen LogP contribution < -0.4 is 5.73 Å². The zero-order valence-corrected chi connectivity index (χ0v) is 16.9. The smallest absolute Gasteiger partial charge is 0.316 e. The molecule has 2 N–H and O–H groups in total. The molecular formula is C24H20N2O2S. The molecule has 144 valence electrons. The van der Waals surface area contributed by atoms with Crippen molar-refractivity contribution in [1.29, 1.82) is 0 Å². The molecular weight excluding hydrogens is 380 g/mol. The van der Waals surface area contributed by atoms with Crippen LogP contribution in [-0.2, 0) is 14.9 Å². The highest BCUT2D eigenvalue weighted by molar-refractivity contribution is 7.17. The Morgan fingerprint density at radius 1 is 1.24 bits per heavy atom. The highest BCUT2D eigenvalue weighted by Crippen LogP contribution is 2.49. The van der Waals surface area contributed by atoms with Crippen LogP contribution in [0.1, 0.15) is 34.4 Å². The minimum absolute atomic E-state index is 0.153. The van der Waals surface area contributed by atoms with Crippen molar-refractivity contribution in [2.75, 3.05) is 12.8 Å². The average molecular weight is 401 g/mol. The van der Waals surface area contributed by atoms with E-state index in [1.807, 2.05) is 30.3 Å². The predicted octanol–water partition coefficient (Wildman–Crippen LogP) is 5.06. The largest absolute Gasteiger partial charge is 0.468 e. The van der Waals surface area contributed by atoms with Gasteiger partial charge < -0.3 is 10.5 Å². The van der Waals surface area contributed by atoms with Gasteiger partial charge in [0.2, 0.25) is 0 Å². The molecule has 1 aromatic heterocycles. The summed E-state index contributed by atoms with van der Waals surface area (Å²) in [7, 11) is 1.45. The highest BCUT2D eigenvalue weighted by atomic mass is 32.1. The van der Waals surface area contributed by atoms with Gasteiger partial charge in [0.05, 0.1) is 18.2 Å². The lowest BCUT2D eigenvalue weighted by molar-refractivity contribution is -0.143. The van der Waals surface area contributed by atoms with Crippen LogP contribution in [0, 0.1) is 11.8 Å². The highest BCUT2D eigenvalue weighted by Gasteiger charge is 2.52. The van der Waals surface area contributed by atoms with E-state index in [2.05, 4.69) is 36.2 Å². The van der Waals surface area contributed by atoms with Crippen LogP contribution >= 0.6 is 11.3 Å². The number of hydrogen-bond acceptors (Lipinski definition) is 5. The van der Waals surface area contributed by atoms with Gasteiger partial charge in [0, 0.05) is 11.1 Å². The summed E-state index contributed by atoms with van der Waals surface area (Å²) < 4.78 is 4.99. The Bertz CT molecular complexity index is 1220. The Kier molecular flexibility index (Phi) is 4.73. The molecule has 0 spiro atoms. The second-order valence-corrected chi connectivity index (χ2v) is 8.03. The number of nitrogens with two attached hydrogens (primary N) is 1. The van der Waals surface area contributed by atoms with Crippen molar-refractivity contribution in [3.8, 4) is 11.8 Å². The SMILES string of the molecule is C=Cc1c(N=C)sc(C#Cc2ccc3cc(C4(C(=O)OC)CC4)ccc3c2)c1N. The molecule has 0 aliphatic heterocycles. The van der Waals surface area contributed by atoms with Crippen molar-refractivity contribution in [2.24, 2.45) is 4.99 Å². The molecule has 4 rings (SSSR count). The third-order valence-corrected chi connectivity index (χ3v) is 6.42. The Balaban J connectivity index is 1.66. The van der Waals surface area contributed by atoms with Gasteiger partial charge in [0.25, 0.3) is 0 Å². The van der Waals surface area contributed by atoms with E-state index in [1.54, 1.807) is 6.08 Å². The number of esters is 1. The first kappa shape index (κ1) is 19.0. The number of aliphatic imine (C=N–C) groups is 1. The normalized spacial score (nSPS) is 14.0. The van der Waals surface area contributed by atoms with E-state index in [4.69, 9.17) is 10.5 Å². The molecule has 1 aliphatic rings. The van der Waals surface area contributed by atoms with Crippen LogP contribution in [0.25, 0.3) is 16.8 Å². The topological polar surface area (TPSA) is 64.7 Å². The third-order valence-electron chi connectivity index (χ3n) is 5.35. The minimum atomic E-state index is -0.460. The number of fused-ring (bicyclic) bond motifs is 1. The molecule has 29 heavy (non-hydrogen) atoms. The number of anilines is 1. The standard InChI is InChI=1S/C24H20N2O2S/c1-4-19-21(25)20(29-22(19)26-2)10-6-15-5-7-17-14-18(9-8-16(17)13-15)24(11-12-24)23(27)28-3/h4-5,7-9,13-14H,1-2,11-12,25H2,3H3. The maximum Gasteiger partial charge on any atom is 0.316 e. The minimum Gasteiger partial charge on any atom is -0.468 e. The van der Waals surface area contributed by atoms with E-state index in [9.17, 15) is 4.79 Å². The van der Waals surface area contributed by atoms with Gasteiger partial charge in [-0.2, -0.15) is 0 Å². The molecule has 1 heterocycles. The summed E-state index contributed by atoms with van der Waals surface area (Å²) in [6, 6.07) is 12.2. The average Bonchev–Trinajstić information content (AvgIpc) is 3.50. The number of nitrogens with zero attached hydrogens (tertiary/aromatic N) is 1. The van der Waals surface area contributed by atoms with Crippen molar-refractivity contribution in [1.82, 2.24) is 0 Å². The fourth-order valence-electron chi connectivity index (χ4n) is 3.53. The van der Waals surface area contributed by atoms with Crippen LogP contribution in [0.15, 0.2) is 48.0 Å². The van der Waals surface area contributed by atoms with Crippen molar-refractivity contribution < 1.29 is 9.53 Å². The predicted molar refractivity (Wildman–Crippen MR) is 121 cm³/mol. The van der Waals surface area contributed by atoms with Gasteiger partial charge in [-0.3, -0.25) is 9.79 Å². The molecule has 0 saturated heterocycles. The molecule has 0 bridgehead atoms. The molecule has 2 aromatic carbocycles. The maximum absolute atomic E-state index is 12.1. The summed E-state index contributed by atoms with van der Waals surface area (Å²) in [5.74, 6) is 6.16. The van der Waals surface area contributed by atoms with Crippen molar-refractivity contribution in [3.05, 3.63) is 64.5 Å². The number of hydrogen-bond donors (Lipinski definition) is 1. The zero-order valence-electron chi connectivity index (χ0n) is 16.1. The molecule has 0 atom stereocenters. The van der Waals surface area contributed by atoms with Gasteiger partial charge in [-0.05, 0) is 53.9 Å². The number of ether oxygens (including phenoxy) is 1. The molecule has 4 nitrogen and oxygen atoms in total. The maximum atomic E-state index is 12.1. The summed E-state index contributed by atoms with van der Waals surface area (Å²) >= 11 is 1.41. The molecule has 1 fully saturated rings. The monoisotopic (exact) mass is 400 g/mol. The van der Waals surface area contributed by atoms with Crippen LogP contribution in [0.5, 0.6) is 0 Å². The van der Waals surface area contributed by atoms with E-state index in [-0.39, 0.29) is 5.97 Å². The number of thiophene rings is 1. The first-order valence-electron chi connectivity index (χ1n) is 9.18.